The van der Waals surface area contributed by atoms with Crippen LogP contribution in [-0.2, 0) is 24.3 Å². The molecule has 35 heavy (non-hydrogen) atoms. The normalized spacial score (nSPS) is 24.9. The van der Waals surface area contributed by atoms with Gasteiger partial charge in [-0.1, -0.05) is 68.3 Å². The topological polar surface area (TPSA) is 90.0 Å². The zero-order valence-electron chi connectivity index (χ0n) is 20.4. The van der Waals surface area contributed by atoms with Crippen molar-refractivity contribution in [2.24, 2.45) is 5.92 Å². The highest BCUT2D eigenvalue weighted by Crippen LogP contribution is 2.37. The number of sulfonamides is 1. The van der Waals surface area contributed by atoms with Crippen LogP contribution in [0.5, 0.6) is 0 Å². The van der Waals surface area contributed by atoms with Crippen LogP contribution in [-0.4, -0.2) is 43.0 Å². The van der Waals surface area contributed by atoms with E-state index in [4.69, 9.17) is 9.47 Å². The number of ether oxygens (including phenoxy) is 2. The Bertz CT molecular complexity index is 1150. The van der Waals surface area contributed by atoms with Crippen molar-refractivity contribution in [1.82, 2.24) is 4.31 Å². The monoisotopic (exact) mass is 499 g/mol. The lowest BCUT2D eigenvalue weighted by Crippen LogP contribution is -2.45. The van der Waals surface area contributed by atoms with Crippen LogP contribution in [0.2, 0.25) is 0 Å². The Balaban J connectivity index is 1.59. The molecule has 0 spiro atoms. The molecule has 4 atom stereocenters. The highest BCUT2D eigenvalue weighted by atomic mass is 32.2. The summed E-state index contributed by atoms with van der Waals surface area (Å²) in [5.41, 5.74) is 2.00. The van der Waals surface area contributed by atoms with Gasteiger partial charge in [0.05, 0.1) is 4.90 Å². The summed E-state index contributed by atoms with van der Waals surface area (Å²) in [5, 5.41) is 0. The molecule has 2 aliphatic rings. The number of hydrogen-bond donors (Lipinski definition) is 0. The van der Waals surface area contributed by atoms with Gasteiger partial charge in [0.15, 0.2) is 0 Å². The summed E-state index contributed by atoms with van der Waals surface area (Å²) in [4.78, 5) is 26.2. The molecule has 1 aliphatic heterocycles. The Hall–Kier alpha value is -2.87. The Morgan fingerprint density at radius 1 is 1.06 bits per heavy atom. The van der Waals surface area contributed by atoms with Crippen LogP contribution >= 0.6 is 0 Å². The summed E-state index contributed by atoms with van der Waals surface area (Å²) in [7, 11) is -4.20. The van der Waals surface area contributed by atoms with Crippen molar-refractivity contribution in [3.05, 3.63) is 65.7 Å². The summed E-state index contributed by atoms with van der Waals surface area (Å²) in [5.74, 6) is -0.604. The molecule has 1 amide bonds. The molecule has 7 nitrogen and oxygen atoms in total. The van der Waals surface area contributed by atoms with E-state index in [1.165, 1.54) is 12.1 Å². The average molecular weight is 500 g/mol. The molecule has 2 aromatic carbocycles. The number of aryl methyl sites for hydroxylation is 1. The number of carbonyl (C=O) groups is 2. The molecule has 0 bridgehead atoms. The second-order valence-corrected chi connectivity index (χ2v) is 11.7. The molecular formula is C27H33NO6S. The fourth-order valence-corrected chi connectivity index (χ4v) is 6.54. The first-order chi connectivity index (χ1) is 16.7. The molecule has 1 saturated carbocycles. The SMILES string of the molecule is Cc1ccc(S(=O)(=O)N2C(=O)O[C@@H](C(=O)O[C@H]3CCCC[C@@H]3c3ccccc3)[C@@H]2CC(C)C)cc1. The van der Waals surface area contributed by atoms with Crippen molar-refractivity contribution < 1.29 is 27.5 Å². The van der Waals surface area contributed by atoms with Crippen molar-refractivity contribution in [3.63, 3.8) is 0 Å². The van der Waals surface area contributed by atoms with Crippen LogP contribution in [0, 0.1) is 12.8 Å². The second-order valence-electron chi connectivity index (χ2n) is 9.89. The zero-order chi connectivity index (χ0) is 25.2. The molecule has 1 saturated heterocycles. The third-order valence-electron chi connectivity index (χ3n) is 6.78. The largest absolute Gasteiger partial charge is 0.459 e. The van der Waals surface area contributed by atoms with Gasteiger partial charge >= 0.3 is 12.1 Å². The first-order valence-electron chi connectivity index (χ1n) is 12.3. The van der Waals surface area contributed by atoms with Crippen LogP contribution in [0.25, 0.3) is 0 Å². The van der Waals surface area contributed by atoms with E-state index >= 15 is 0 Å². The first-order valence-corrected chi connectivity index (χ1v) is 13.7. The minimum absolute atomic E-state index is 0.0146. The van der Waals surface area contributed by atoms with Crippen LogP contribution < -0.4 is 0 Å². The molecular weight excluding hydrogens is 466 g/mol. The molecule has 1 heterocycles. The number of cyclic esters (lactones) is 1. The minimum atomic E-state index is -4.20. The van der Waals surface area contributed by atoms with E-state index in [1.54, 1.807) is 12.1 Å². The lowest BCUT2D eigenvalue weighted by molar-refractivity contribution is -0.161. The zero-order valence-corrected chi connectivity index (χ0v) is 21.2. The van der Waals surface area contributed by atoms with Crippen molar-refractivity contribution in [3.8, 4) is 0 Å². The molecule has 8 heteroatoms. The minimum Gasteiger partial charge on any atom is -0.459 e. The fraction of sp³-hybridized carbons (Fsp3) is 0.481. The predicted molar refractivity (Wildman–Crippen MR) is 131 cm³/mol. The molecule has 188 valence electrons. The van der Waals surface area contributed by atoms with Crippen LogP contribution in [0.3, 0.4) is 0 Å². The third-order valence-corrected chi connectivity index (χ3v) is 8.58. The molecule has 4 rings (SSSR count). The maximum Gasteiger partial charge on any atom is 0.425 e. The summed E-state index contributed by atoms with van der Waals surface area (Å²) in [6, 6.07) is 15.2. The highest BCUT2D eigenvalue weighted by molar-refractivity contribution is 7.89. The number of hydrogen-bond acceptors (Lipinski definition) is 6. The lowest BCUT2D eigenvalue weighted by atomic mass is 9.81. The Morgan fingerprint density at radius 3 is 2.37 bits per heavy atom. The molecule has 0 N–H and O–H groups in total. The van der Waals surface area contributed by atoms with E-state index in [-0.39, 0.29) is 29.3 Å². The van der Waals surface area contributed by atoms with E-state index in [0.717, 1.165) is 34.7 Å². The van der Waals surface area contributed by atoms with E-state index in [9.17, 15) is 18.0 Å². The van der Waals surface area contributed by atoms with Crippen LogP contribution in [0.15, 0.2) is 59.5 Å². The Labute approximate surface area is 207 Å². The van der Waals surface area contributed by atoms with Crippen molar-refractivity contribution >= 4 is 22.1 Å². The van der Waals surface area contributed by atoms with Crippen molar-refractivity contribution in [2.45, 2.75) is 81.9 Å². The van der Waals surface area contributed by atoms with Crippen LogP contribution in [0.4, 0.5) is 4.79 Å². The first kappa shape index (κ1) is 25.2. The van der Waals surface area contributed by atoms with Gasteiger partial charge < -0.3 is 9.47 Å². The fourth-order valence-electron chi connectivity index (χ4n) is 5.04. The number of amides is 1. The molecule has 2 aromatic rings. The maximum absolute atomic E-state index is 13.4. The van der Waals surface area contributed by atoms with Gasteiger partial charge in [-0.25, -0.2) is 18.0 Å². The predicted octanol–water partition coefficient (Wildman–Crippen LogP) is 5.19. The second kappa shape index (κ2) is 10.4. The quantitative estimate of drug-likeness (QED) is 0.487. The number of rotatable bonds is 7. The Morgan fingerprint density at radius 2 is 1.71 bits per heavy atom. The Kier molecular flexibility index (Phi) is 7.50. The molecule has 1 aliphatic carbocycles. The van der Waals surface area contributed by atoms with Gasteiger partial charge in [0, 0.05) is 5.92 Å². The summed E-state index contributed by atoms with van der Waals surface area (Å²) < 4.78 is 38.9. The van der Waals surface area contributed by atoms with Gasteiger partial charge in [-0.3, -0.25) is 0 Å². The van der Waals surface area contributed by atoms with Gasteiger partial charge in [0.1, 0.15) is 12.1 Å². The molecule has 0 radical (unpaired) electrons. The summed E-state index contributed by atoms with van der Waals surface area (Å²) >= 11 is 0. The molecule has 0 aromatic heterocycles. The molecule has 0 unspecified atom stereocenters. The highest BCUT2D eigenvalue weighted by Gasteiger charge is 2.53. The number of nitrogens with zero attached hydrogens (tertiary/aromatic N) is 1. The standard InChI is InChI=1S/C27H33NO6S/c1-18(2)17-23-25(34-27(30)28(23)35(31,32)21-15-13-19(3)14-16-21)26(29)33-24-12-8-7-11-22(24)20-9-5-4-6-10-20/h4-6,9-10,13-16,18,22-25H,7-8,11-12,17H2,1-3H3/t22-,23+,24+,25-/m1/s1. The van der Waals surface area contributed by atoms with Gasteiger partial charge in [-0.2, -0.15) is 4.31 Å². The van der Waals surface area contributed by atoms with E-state index in [2.05, 4.69) is 0 Å². The third kappa shape index (κ3) is 5.37. The smallest absolute Gasteiger partial charge is 0.425 e. The van der Waals surface area contributed by atoms with Crippen molar-refractivity contribution in [2.75, 3.05) is 0 Å². The van der Waals surface area contributed by atoms with Crippen molar-refractivity contribution in [1.29, 1.82) is 0 Å². The number of benzene rings is 2. The van der Waals surface area contributed by atoms with Crippen LogP contribution in [0.1, 0.15) is 63.0 Å². The molecule has 2 fully saturated rings. The van der Waals surface area contributed by atoms with Gasteiger partial charge in [0.25, 0.3) is 10.0 Å². The van der Waals surface area contributed by atoms with E-state index in [1.807, 2.05) is 51.1 Å². The maximum atomic E-state index is 13.4. The van der Waals surface area contributed by atoms with Gasteiger partial charge in [0.2, 0.25) is 6.10 Å². The summed E-state index contributed by atoms with van der Waals surface area (Å²) in [6.07, 6.45) is 1.19. The number of carbonyl (C=O) groups excluding carboxylic acids is 2. The average Bonchev–Trinajstić information content (AvgIpc) is 3.16. The van der Waals surface area contributed by atoms with E-state index < -0.39 is 34.2 Å². The summed E-state index contributed by atoms with van der Waals surface area (Å²) in [6.45, 7) is 5.67. The van der Waals surface area contributed by atoms with E-state index in [0.29, 0.717) is 6.42 Å². The van der Waals surface area contributed by atoms with Gasteiger partial charge in [-0.05, 0) is 56.2 Å². The lowest BCUT2D eigenvalue weighted by Gasteiger charge is -2.32. The number of esters is 1. The van der Waals surface area contributed by atoms with Gasteiger partial charge in [-0.15, -0.1) is 0 Å².